The van der Waals surface area contributed by atoms with Crippen molar-refractivity contribution in [2.45, 2.75) is 29.0 Å². The van der Waals surface area contributed by atoms with Crippen LogP contribution in [-0.4, -0.2) is 34.8 Å². The molecule has 11 heteroatoms. The maximum Gasteiger partial charge on any atom is 0.240 e. The molecule has 4 aromatic rings. The normalized spacial score (nSPS) is 11.8. The number of benzene rings is 2. The fourth-order valence-electron chi connectivity index (χ4n) is 2.94. The average Bonchev–Trinajstić information content (AvgIpc) is 3.15. The lowest BCUT2D eigenvalue weighted by Crippen LogP contribution is -2.26. The van der Waals surface area contributed by atoms with E-state index in [1.54, 1.807) is 40.9 Å². The van der Waals surface area contributed by atoms with Crippen LogP contribution in [0.15, 0.2) is 64.5 Å². The zero-order valence-electron chi connectivity index (χ0n) is 17.0. The van der Waals surface area contributed by atoms with E-state index in [0.717, 1.165) is 16.2 Å². The van der Waals surface area contributed by atoms with Crippen LogP contribution in [0.25, 0.3) is 5.65 Å². The molecule has 0 spiro atoms. The Morgan fingerprint density at radius 3 is 2.56 bits per heavy atom. The van der Waals surface area contributed by atoms with E-state index in [0.29, 0.717) is 33.7 Å². The van der Waals surface area contributed by atoms with Crippen molar-refractivity contribution < 1.29 is 8.42 Å². The van der Waals surface area contributed by atoms with Crippen molar-refractivity contribution in [1.29, 1.82) is 0 Å². The van der Waals surface area contributed by atoms with Crippen LogP contribution in [0, 0.1) is 6.92 Å². The molecular weight excluding hydrogens is 489 g/mol. The Morgan fingerprint density at radius 1 is 1.03 bits per heavy atom. The van der Waals surface area contributed by atoms with Gasteiger partial charge in [-0.15, -0.1) is 10.2 Å². The lowest BCUT2D eigenvalue weighted by molar-refractivity contribution is 0.580. The van der Waals surface area contributed by atoms with Gasteiger partial charge in [-0.3, -0.25) is 0 Å². The van der Waals surface area contributed by atoms with Gasteiger partial charge >= 0.3 is 0 Å². The van der Waals surface area contributed by atoms with Gasteiger partial charge in [-0.1, -0.05) is 58.7 Å². The van der Waals surface area contributed by atoms with Gasteiger partial charge in [0.25, 0.3) is 0 Å². The highest BCUT2D eigenvalue weighted by molar-refractivity contribution is 7.98. The number of halogens is 2. The molecule has 0 saturated heterocycles. The van der Waals surface area contributed by atoms with E-state index in [-0.39, 0.29) is 11.4 Å². The zero-order chi connectivity index (χ0) is 22.7. The number of hydrogen-bond donors (Lipinski definition) is 1. The average molecular weight is 508 g/mol. The van der Waals surface area contributed by atoms with Gasteiger partial charge in [0.2, 0.25) is 10.0 Å². The van der Waals surface area contributed by atoms with Crippen LogP contribution in [0.3, 0.4) is 0 Å². The quantitative estimate of drug-likeness (QED) is 0.351. The second kappa shape index (κ2) is 9.76. The van der Waals surface area contributed by atoms with Gasteiger partial charge in [0.1, 0.15) is 5.03 Å². The Morgan fingerprint density at radius 2 is 1.81 bits per heavy atom. The highest BCUT2D eigenvalue weighted by Crippen LogP contribution is 2.27. The third-order valence-electron chi connectivity index (χ3n) is 4.67. The standard InChI is InChI=1S/C21H19Cl2N5O2S2/c1-14-2-6-17(7-3-14)32(29,30)24-11-10-20-26-25-19-8-9-21(27-28(19)20)31-13-15-4-5-16(22)12-18(15)23/h2-9,12,24H,10-11,13H2,1H3. The minimum absolute atomic E-state index is 0.177. The minimum atomic E-state index is -3.59. The molecule has 2 aromatic carbocycles. The maximum absolute atomic E-state index is 12.5. The number of sulfonamides is 1. The van der Waals surface area contributed by atoms with Gasteiger partial charge in [-0.2, -0.15) is 9.61 Å². The van der Waals surface area contributed by atoms with E-state index < -0.39 is 10.0 Å². The minimum Gasteiger partial charge on any atom is -0.211 e. The first kappa shape index (κ1) is 23.0. The van der Waals surface area contributed by atoms with E-state index in [2.05, 4.69) is 20.0 Å². The third kappa shape index (κ3) is 5.41. The number of thioether (sulfide) groups is 1. The van der Waals surface area contributed by atoms with Crippen LogP contribution >= 0.6 is 35.0 Å². The molecule has 32 heavy (non-hydrogen) atoms. The van der Waals surface area contributed by atoms with Crippen molar-refractivity contribution >= 4 is 50.6 Å². The first-order valence-electron chi connectivity index (χ1n) is 9.66. The van der Waals surface area contributed by atoms with E-state index in [9.17, 15) is 8.42 Å². The Balaban J connectivity index is 1.42. The number of aryl methyl sites for hydroxylation is 1. The second-order valence-corrected chi connectivity index (χ2v) is 10.6. The summed E-state index contributed by atoms with van der Waals surface area (Å²) in [5.41, 5.74) is 2.55. The molecule has 0 fully saturated rings. The predicted octanol–water partition coefficient (Wildman–Crippen LogP) is 4.55. The summed E-state index contributed by atoms with van der Waals surface area (Å²) in [7, 11) is -3.59. The summed E-state index contributed by atoms with van der Waals surface area (Å²) < 4.78 is 29.2. The van der Waals surface area contributed by atoms with Crippen molar-refractivity contribution in [3.05, 3.63) is 81.6 Å². The van der Waals surface area contributed by atoms with Crippen molar-refractivity contribution in [3.63, 3.8) is 0 Å². The number of hydrogen-bond acceptors (Lipinski definition) is 6. The highest BCUT2D eigenvalue weighted by Gasteiger charge is 2.15. The van der Waals surface area contributed by atoms with Gasteiger partial charge in [0.05, 0.1) is 4.90 Å². The number of aromatic nitrogens is 4. The van der Waals surface area contributed by atoms with Gasteiger partial charge in [0.15, 0.2) is 11.5 Å². The van der Waals surface area contributed by atoms with Crippen molar-refractivity contribution in [1.82, 2.24) is 24.5 Å². The van der Waals surface area contributed by atoms with Crippen molar-refractivity contribution in [3.8, 4) is 0 Å². The summed E-state index contributed by atoms with van der Waals surface area (Å²) in [5, 5.41) is 14.8. The first-order chi connectivity index (χ1) is 15.3. The molecule has 166 valence electrons. The molecule has 0 unspecified atom stereocenters. The number of nitrogens with zero attached hydrogens (tertiary/aromatic N) is 4. The summed E-state index contributed by atoms with van der Waals surface area (Å²) in [6.07, 6.45) is 0.344. The molecule has 0 aliphatic rings. The van der Waals surface area contributed by atoms with E-state index in [1.807, 2.05) is 25.1 Å². The summed E-state index contributed by atoms with van der Waals surface area (Å²) in [5.74, 6) is 1.20. The molecule has 0 saturated carbocycles. The highest BCUT2D eigenvalue weighted by atomic mass is 35.5. The molecule has 2 heterocycles. The van der Waals surface area contributed by atoms with Crippen LogP contribution in [-0.2, 0) is 22.2 Å². The molecule has 4 rings (SSSR count). The molecule has 2 aromatic heterocycles. The molecule has 0 bridgehead atoms. The second-order valence-electron chi connectivity index (χ2n) is 7.04. The fourth-order valence-corrected chi connectivity index (χ4v) is 5.38. The zero-order valence-corrected chi connectivity index (χ0v) is 20.1. The maximum atomic E-state index is 12.5. The number of nitrogens with one attached hydrogen (secondary N) is 1. The largest absolute Gasteiger partial charge is 0.240 e. The van der Waals surface area contributed by atoms with Crippen LogP contribution < -0.4 is 4.72 Å². The molecule has 1 N–H and O–H groups in total. The van der Waals surface area contributed by atoms with Crippen LogP contribution in [0.2, 0.25) is 10.0 Å². The summed E-state index contributed by atoms with van der Waals surface area (Å²) in [6.45, 7) is 2.08. The van der Waals surface area contributed by atoms with Gasteiger partial charge in [0, 0.05) is 28.8 Å². The predicted molar refractivity (Wildman–Crippen MR) is 127 cm³/mol. The number of fused-ring (bicyclic) bond motifs is 1. The van der Waals surface area contributed by atoms with Crippen LogP contribution in [0.4, 0.5) is 0 Å². The first-order valence-corrected chi connectivity index (χ1v) is 12.9. The molecule has 0 aliphatic carbocycles. The van der Waals surface area contributed by atoms with Crippen molar-refractivity contribution in [2.75, 3.05) is 6.54 Å². The van der Waals surface area contributed by atoms with E-state index in [1.165, 1.54) is 11.8 Å². The molecule has 0 radical (unpaired) electrons. The van der Waals surface area contributed by atoms with E-state index >= 15 is 0 Å². The summed E-state index contributed by atoms with van der Waals surface area (Å²) in [4.78, 5) is 0.229. The molecular formula is C21H19Cl2N5O2S2. The SMILES string of the molecule is Cc1ccc(S(=O)(=O)NCCc2nnc3ccc(SCc4ccc(Cl)cc4Cl)nn23)cc1. The molecule has 0 amide bonds. The number of rotatable bonds is 8. The van der Waals surface area contributed by atoms with Gasteiger partial charge in [-0.05, 0) is 48.9 Å². The smallest absolute Gasteiger partial charge is 0.211 e. The molecule has 0 atom stereocenters. The Bertz CT molecular complexity index is 1360. The lowest BCUT2D eigenvalue weighted by Gasteiger charge is -2.07. The van der Waals surface area contributed by atoms with Crippen molar-refractivity contribution in [2.24, 2.45) is 0 Å². The molecule has 7 nitrogen and oxygen atoms in total. The fraction of sp³-hybridized carbons (Fsp3) is 0.190. The summed E-state index contributed by atoms with van der Waals surface area (Å²) >= 11 is 13.7. The van der Waals surface area contributed by atoms with Crippen LogP contribution in [0.5, 0.6) is 0 Å². The Labute approximate surface area is 200 Å². The third-order valence-corrected chi connectivity index (χ3v) is 7.70. The van der Waals surface area contributed by atoms with Gasteiger partial charge in [-0.25, -0.2) is 13.1 Å². The topological polar surface area (TPSA) is 89.2 Å². The lowest BCUT2D eigenvalue weighted by atomic mass is 10.2. The Kier molecular flexibility index (Phi) is 7.02. The van der Waals surface area contributed by atoms with Gasteiger partial charge < -0.3 is 0 Å². The summed E-state index contributed by atoms with van der Waals surface area (Å²) in [6, 6.07) is 15.8. The van der Waals surface area contributed by atoms with Crippen LogP contribution in [0.1, 0.15) is 17.0 Å². The Hall–Kier alpha value is -2.17. The van der Waals surface area contributed by atoms with E-state index in [4.69, 9.17) is 23.2 Å². The monoisotopic (exact) mass is 507 g/mol. The molecule has 0 aliphatic heterocycles.